The molecule has 0 aliphatic rings. The molecule has 0 saturated carbocycles. The van der Waals surface area contributed by atoms with E-state index in [2.05, 4.69) is 0 Å². The molecule has 0 heterocycles. The summed E-state index contributed by atoms with van der Waals surface area (Å²) in [6.45, 7) is 6.87. The maximum absolute atomic E-state index is 12.2. The van der Waals surface area contributed by atoms with Crippen molar-refractivity contribution in [1.29, 1.82) is 0 Å². The predicted octanol–water partition coefficient (Wildman–Crippen LogP) is 1.33. The lowest BCUT2D eigenvalue weighted by Gasteiger charge is -2.32. The third-order valence-corrected chi connectivity index (χ3v) is 3.08. The maximum atomic E-state index is 12.2. The molecule has 0 aromatic rings. The number of ether oxygens (including phenoxy) is 1. The van der Waals surface area contributed by atoms with Crippen LogP contribution in [-0.2, 0) is 9.53 Å². The highest BCUT2D eigenvalue weighted by atomic mass is 32.1. The predicted molar refractivity (Wildman–Crippen MR) is 69.4 cm³/mol. The number of likely N-dealkylation sites (N-methyl/N-ethyl adjacent to an activating group) is 1. The standard InChI is InChI=1S/C11H22N2O2S/c1-5-11(3,15-4)10(14)13(6-2)8-7-9(12)16/h5-8H2,1-4H3,(H2,12,16). The van der Waals surface area contributed by atoms with E-state index in [4.69, 9.17) is 22.7 Å². The van der Waals surface area contributed by atoms with Crippen LogP contribution in [0, 0.1) is 0 Å². The topological polar surface area (TPSA) is 55.6 Å². The van der Waals surface area contributed by atoms with Gasteiger partial charge in [0, 0.05) is 26.6 Å². The van der Waals surface area contributed by atoms with Gasteiger partial charge < -0.3 is 15.4 Å². The van der Waals surface area contributed by atoms with Gasteiger partial charge in [0.15, 0.2) is 0 Å². The Hall–Kier alpha value is -0.680. The fourth-order valence-corrected chi connectivity index (χ4v) is 1.46. The van der Waals surface area contributed by atoms with Crippen LogP contribution < -0.4 is 5.73 Å². The normalized spacial score (nSPS) is 14.2. The van der Waals surface area contributed by atoms with Crippen molar-refractivity contribution in [3.05, 3.63) is 0 Å². The molecule has 1 atom stereocenters. The first-order valence-corrected chi connectivity index (χ1v) is 5.94. The van der Waals surface area contributed by atoms with E-state index in [9.17, 15) is 4.79 Å². The first kappa shape index (κ1) is 15.3. The molecule has 0 rings (SSSR count). The minimum absolute atomic E-state index is 0.00347. The Kier molecular flexibility index (Phi) is 6.52. The molecular formula is C11H22N2O2S. The fourth-order valence-electron chi connectivity index (χ4n) is 1.37. The molecule has 1 amide bonds. The van der Waals surface area contributed by atoms with Gasteiger partial charge in [-0.05, 0) is 20.3 Å². The van der Waals surface area contributed by atoms with Crippen LogP contribution in [0.25, 0.3) is 0 Å². The lowest BCUT2D eigenvalue weighted by atomic mass is 10.0. The van der Waals surface area contributed by atoms with Crippen LogP contribution in [-0.4, -0.2) is 41.6 Å². The number of amides is 1. The van der Waals surface area contributed by atoms with Gasteiger partial charge in [0.1, 0.15) is 5.60 Å². The quantitative estimate of drug-likeness (QED) is 0.689. The zero-order valence-electron chi connectivity index (χ0n) is 10.6. The zero-order chi connectivity index (χ0) is 12.8. The van der Waals surface area contributed by atoms with E-state index >= 15 is 0 Å². The smallest absolute Gasteiger partial charge is 0.254 e. The number of nitrogens with two attached hydrogens (primary N) is 1. The molecular weight excluding hydrogens is 224 g/mol. The Morgan fingerprint density at radius 3 is 2.38 bits per heavy atom. The Morgan fingerprint density at radius 1 is 1.50 bits per heavy atom. The molecule has 0 aromatic heterocycles. The monoisotopic (exact) mass is 246 g/mol. The van der Waals surface area contributed by atoms with Crippen LogP contribution in [0.15, 0.2) is 0 Å². The van der Waals surface area contributed by atoms with E-state index in [1.165, 1.54) is 0 Å². The number of methoxy groups -OCH3 is 1. The second-order valence-corrected chi connectivity index (χ2v) is 4.41. The molecule has 0 bridgehead atoms. The summed E-state index contributed by atoms with van der Waals surface area (Å²) in [4.78, 5) is 14.3. The molecule has 5 heteroatoms. The molecule has 0 spiro atoms. The van der Waals surface area contributed by atoms with E-state index in [0.717, 1.165) is 0 Å². The van der Waals surface area contributed by atoms with E-state index in [-0.39, 0.29) is 5.91 Å². The van der Waals surface area contributed by atoms with Crippen LogP contribution in [0.3, 0.4) is 0 Å². The van der Waals surface area contributed by atoms with Gasteiger partial charge in [-0.2, -0.15) is 0 Å². The summed E-state index contributed by atoms with van der Waals surface area (Å²) >= 11 is 4.81. The molecule has 0 radical (unpaired) electrons. The second kappa shape index (κ2) is 6.81. The zero-order valence-corrected chi connectivity index (χ0v) is 11.4. The van der Waals surface area contributed by atoms with Gasteiger partial charge in [-0.1, -0.05) is 19.1 Å². The first-order chi connectivity index (χ1) is 7.41. The molecule has 0 aliphatic carbocycles. The molecule has 0 aliphatic heterocycles. The summed E-state index contributed by atoms with van der Waals surface area (Å²) in [6.07, 6.45) is 1.20. The van der Waals surface area contributed by atoms with Crippen molar-refractivity contribution >= 4 is 23.1 Å². The van der Waals surface area contributed by atoms with Crippen molar-refractivity contribution in [2.45, 2.75) is 39.2 Å². The highest BCUT2D eigenvalue weighted by molar-refractivity contribution is 7.80. The molecule has 0 saturated heterocycles. The number of carbonyl (C=O) groups is 1. The summed E-state index contributed by atoms with van der Waals surface area (Å²) in [5.74, 6) is -0.00347. The van der Waals surface area contributed by atoms with Crippen molar-refractivity contribution in [3.8, 4) is 0 Å². The summed E-state index contributed by atoms with van der Waals surface area (Å²) < 4.78 is 5.28. The second-order valence-electron chi connectivity index (χ2n) is 3.89. The van der Waals surface area contributed by atoms with Crippen molar-refractivity contribution in [2.75, 3.05) is 20.2 Å². The number of carbonyl (C=O) groups excluding carboxylic acids is 1. The van der Waals surface area contributed by atoms with Crippen molar-refractivity contribution in [1.82, 2.24) is 4.90 Å². The van der Waals surface area contributed by atoms with Gasteiger partial charge >= 0.3 is 0 Å². The van der Waals surface area contributed by atoms with Gasteiger partial charge in [0.05, 0.1) is 4.99 Å². The van der Waals surface area contributed by atoms with Crippen LogP contribution >= 0.6 is 12.2 Å². The molecule has 4 nitrogen and oxygen atoms in total. The summed E-state index contributed by atoms with van der Waals surface area (Å²) in [5.41, 5.74) is 4.69. The fraction of sp³-hybridized carbons (Fsp3) is 0.818. The highest BCUT2D eigenvalue weighted by Crippen LogP contribution is 2.17. The Labute approximate surface area is 103 Å². The van der Waals surface area contributed by atoms with Gasteiger partial charge in [0.25, 0.3) is 5.91 Å². The SMILES string of the molecule is CCN(CCC(N)=S)C(=O)C(C)(CC)OC. The van der Waals surface area contributed by atoms with Crippen molar-refractivity contribution in [3.63, 3.8) is 0 Å². The largest absolute Gasteiger partial charge is 0.393 e. The van der Waals surface area contributed by atoms with Crippen LogP contribution in [0.5, 0.6) is 0 Å². The third-order valence-electron chi connectivity index (χ3n) is 2.87. The van der Waals surface area contributed by atoms with Crippen LogP contribution in [0.4, 0.5) is 0 Å². The summed E-state index contributed by atoms with van der Waals surface area (Å²) in [7, 11) is 1.56. The van der Waals surface area contributed by atoms with E-state index in [0.29, 0.717) is 30.9 Å². The number of rotatable bonds is 7. The third kappa shape index (κ3) is 4.06. The van der Waals surface area contributed by atoms with Gasteiger partial charge in [-0.15, -0.1) is 0 Å². The van der Waals surface area contributed by atoms with Gasteiger partial charge in [-0.3, -0.25) is 4.79 Å². The number of hydrogen-bond donors (Lipinski definition) is 1. The average Bonchev–Trinajstić information content (AvgIpc) is 2.28. The van der Waals surface area contributed by atoms with E-state index in [1.807, 2.05) is 13.8 Å². The lowest BCUT2D eigenvalue weighted by molar-refractivity contribution is -0.153. The Bertz CT molecular complexity index is 252. The van der Waals surface area contributed by atoms with E-state index in [1.54, 1.807) is 18.9 Å². The summed E-state index contributed by atoms with van der Waals surface area (Å²) in [5, 5.41) is 0. The average molecular weight is 246 g/mol. The number of nitrogens with zero attached hydrogens (tertiary/aromatic N) is 1. The maximum Gasteiger partial charge on any atom is 0.254 e. The molecule has 1 unspecified atom stereocenters. The molecule has 2 N–H and O–H groups in total. The lowest BCUT2D eigenvalue weighted by Crippen LogP contribution is -2.48. The molecule has 0 fully saturated rings. The van der Waals surface area contributed by atoms with E-state index < -0.39 is 5.60 Å². The number of thiocarbonyl (C=S) groups is 1. The minimum Gasteiger partial charge on any atom is -0.393 e. The Morgan fingerprint density at radius 2 is 2.06 bits per heavy atom. The van der Waals surface area contributed by atoms with Crippen LogP contribution in [0.1, 0.15) is 33.6 Å². The first-order valence-electron chi connectivity index (χ1n) is 5.54. The van der Waals surface area contributed by atoms with Crippen molar-refractivity contribution in [2.24, 2.45) is 5.73 Å². The van der Waals surface area contributed by atoms with Gasteiger partial charge in [0.2, 0.25) is 0 Å². The van der Waals surface area contributed by atoms with Crippen LogP contribution in [0.2, 0.25) is 0 Å². The number of hydrogen-bond acceptors (Lipinski definition) is 3. The highest BCUT2D eigenvalue weighted by Gasteiger charge is 2.34. The van der Waals surface area contributed by atoms with Gasteiger partial charge in [-0.25, -0.2) is 0 Å². The minimum atomic E-state index is -0.744. The Balaban J connectivity index is 4.57. The molecule has 94 valence electrons. The molecule has 16 heavy (non-hydrogen) atoms. The molecule has 0 aromatic carbocycles. The van der Waals surface area contributed by atoms with Crippen molar-refractivity contribution < 1.29 is 9.53 Å². The summed E-state index contributed by atoms with van der Waals surface area (Å²) in [6, 6.07) is 0.